The van der Waals surface area contributed by atoms with E-state index in [1.54, 1.807) is 14.2 Å². The summed E-state index contributed by atoms with van der Waals surface area (Å²) in [7, 11) is 3.39. The summed E-state index contributed by atoms with van der Waals surface area (Å²) in [6.45, 7) is 3.65. The van der Waals surface area contributed by atoms with E-state index in [2.05, 4.69) is 0 Å². The summed E-state index contributed by atoms with van der Waals surface area (Å²) in [6, 6.07) is 0. The Kier molecular flexibility index (Phi) is 3.50. The van der Waals surface area contributed by atoms with E-state index in [1.807, 2.05) is 6.92 Å². The van der Waals surface area contributed by atoms with E-state index in [0.717, 1.165) is 26.1 Å². The summed E-state index contributed by atoms with van der Waals surface area (Å²) in [5, 5.41) is 0. The average Bonchev–Trinajstić information content (AvgIpc) is 2.04. The van der Waals surface area contributed by atoms with Crippen molar-refractivity contribution in [2.24, 2.45) is 5.92 Å². The highest BCUT2D eigenvalue weighted by Crippen LogP contribution is 2.40. The third-order valence-electron chi connectivity index (χ3n) is 2.50. The lowest BCUT2D eigenvalue weighted by Gasteiger charge is -2.44. The molecule has 3 nitrogen and oxygen atoms in total. The Bertz CT molecular complexity index is 124. The Morgan fingerprint density at radius 2 is 1.83 bits per heavy atom. The molecule has 1 aliphatic carbocycles. The second-order valence-corrected chi connectivity index (χ2v) is 3.25. The number of methoxy groups -OCH3 is 2. The Morgan fingerprint density at radius 3 is 2.25 bits per heavy atom. The molecule has 12 heavy (non-hydrogen) atoms. The third-order valence-corrected chi connectivity index (χ3v) is 2.50. The molecule has 0 heterocycles. The number of hydrogen-bond acceptors (Lipinski definition) is 3. The van der Waals surface area contributed by atoms with Gasteiger partial charge in [-0.3, -0.25) is 0 Å². The van der Waals surface area contributed by atoms with Crippen LogP contribution in [0.15, 0.2) is 0 Å². The zero-order chi connectivity index (χ0) is 9.03. The lowest BCUT2D eigenvalue weighted by Crippen LogP contribution is -2.48. The second kappa shape index (κ2) is 4.21. The molecule has 0 atom stereocenters. The molecule has 0 radical (unpaired) electrons. The molecule has 1 fully saturated rings. The van der Waals surface area contributed by atoms with Crippen LogP contribution in [0.5, 0.6) is 0 Å². The lowest BCUT2D eigenvalue weighted by molar-refractivity contribution is -0.275. The van der Waals surface area contributed by atoms with Crippen LogP contribution in [0.2, 0.25) is 0 Å². The van der Waals surface area contributed by atoms with Crippen molar-refractivity contribution in [1.82, 2.24) is 0 Å². The van der Waals surface area contributed by atoms with Crippen LogP contribution in [0.3, 0.4) is 0 Å². The summed E-state index contributed by atoms with van der Waals surface area (Å²) in [5.74, 6) is 0.312. The molecule has 0 spiro atoms. The Hall–Kier alpha value is -0.120. The zero-order valence-electron chi connectivity index (χ0n) is 8.13. The molecule has 0 saturated heterocycles. The fourth-order valence-corrected chi connectivity index (χ4v) is 1.64. The summed E-state index contributed by atoms with van der Waals surface area (Å²) in [5.41, 5.74) is 0. The largest absolute Gasteiger partial charge is 0.381 e. The Labute approximate surface area is 74.0 Å². The molecule has 0 aromatic rings. The molecule has 0 N–H and O–H groups in total. The molecule has 72 valence electrons. The predicted molar refractivity (Wildman–Crippen MR) is 46.0 cm³/mol. The average molecular weight is 174 g/mol. The van der Waals surface area contributed by atoms with Crippen LogP contribution in [0.1, 0.15) is 19.8 Å². The molecule has 0 aromatic heterocycles. The van der Waals surface area contributed by atoms with Crippen molar-refractivity contribution in [3.63, 3.8) is 0 Å². The maximum Gasteiger partial charge on any atom is 0.168 e. The molecular formula is C9H18O3. The standard InChI is InChI=1S/C9H18O3/c1-4-12-7-8-5-9(6-8,10-2)11-3/h8H,4-7H2,1-3H3. The van der Waals surface area contributed by atoms with Crippen LogP contribution in [0.25, 0.3) is 0 Å². The second-order valence-electron chi connectivity index (χ2n) is 3.25. The topological polar surface area (TPSA) is 27.7 Å². The number of hydrogen-bond donors (Lipinski definition) is 0. The van der Waals surface area contributed by atoms with Gasteiger partial charge in [0.05, 0.1) is 0 Å². The number of ether oxygens (including phenoxy) is 3. The van der Waals surface area contributed by atoms with Crippen molar-refractivity contribution < 1.29 is 14.2 Å². The van der Waals surface area contributed by atoms with E-state index in [1.165, 1.54) is 0 Å². The van der Waals surface area contributed by atoms with Crippen LogP contribution < -0.4 is 0 Å². The normalized spacial score (nSPS) is 22.2. The van der Waals surface area contributed by atoms with Crippen molar-refractivity contribution >= 4 is 0 Å². The first-order valence-electron chi connectivity index (χ1n) is 4.44. The molecule has 0 aliphatic heterocycles. The summed E-state index contributed by atoms with van der Waals surface area (Å²) in [6.07, 6.45) is 1.92. The summed E-state index contributed by atoms with van der Waals surface area (Å²) >= 11 is 0. The van der Waals surface area contributed by atoms with Crippen molar-refractivity contribution in [3.05, 3.63) is 0 Å². The smallest absolute Gasteiger partial charge is 0.168 e. The molecule has 0 unspecified atom stereocenters. The first-order valence-corrected chi connectivity index (χ1v) is 4.44. The lowest BCUT2D eigenvalue weighted by atomic mass is 9.79. The minimum Gasteiger partial charge on any atom is -0.381 e. The van der Waals surface area contributed by atoms with E-state index in [-0.39, 0.29) is 5.79 Å². The van der Waals surface area contributed by atoms with Gasteiger partial charge in [-0.1, -0.05) is 0 Å². The first kappa shape index (κ1) is 9.96. The highest BCUT2D eigenvalue weighted by atomic mass is 16.7. The zero-order valence-corrected chi connectivity index (χ0v) is 8.13. The van der Waals surface area contributed by atoms with Crippen LogP contribution in [0.4, 0.5) is 0 Å². The minimum atomic E-state index is -0.304. The van der Waals surface area contributed by atoms with E-state index in [9.17, 15) is 0 Å². The van der Waals surface area contributed by atoms with E-state index in [4.69, 9.17) is 14.2 Å². The predicted octanol–water partition coefficient (Wildman–Crippen LogP) is 1.42. The fourth-order valence-electron chi connectivity index (χ4n) is 1.64. The molecule has 3 heteroatoms. The molecule has 0 aromatic carbocycles. The van der Waals surface area contributed by atoms with Gasteiger partial charge in [-0.2, -0.15) is 0 Å². The van der Waals surface area contributed by atoms with Gasteiger partial charge in [0.2, 0.25) is 0 Å². The molecular weight excluding hydrogens is 156 g/mol. The van der Waals surface area contributed by atoms with Gasteiger partial charge in [-0.15, -0.1) is 0 Å². The van der Waals surface area contributed by atoms with Gasteiger partial charge in [0, 0.05) is 40.3 Å². The van der Waals surface area contributed by atoms with Crippen LogP contribution >= 0.6 is 0 Å². The summed E-state index contributed by atoms with van der Waals surface area (Å²) < 4.78 is 15.8. The van der Waals surface area contributed by atoms with E-state index in [0.29, 0.717) is 5.92 Å². The molecule has 1 aliphatic rings. The Balaban J connectivity index is 2.16. The van der Waals surface area contributed by atoms with Crippen LogP contribution in [0, 0.1) is 5.92 Å². The van der Waals surface area contributed by atoms with Gasteiger partial charge in [0.25, 0.3) is 0 Å². The quantitative estimate of drug-likeness (QED) is 0.590. The van der Waals surface area contributed by atoms with Crippen molar-refractivity contribution in [1.29, 1.82) is 0 Å². The Morgan fingerprint density at radius 1 is 1.25 bits per heavy atom. The maximum atomic E-state index is 5.31. The van der Waals surface area contributed by atoms with Crippen LogP contribution in [-0.4, -0.2) is 33.2 Å². The minimum absolute atomic E-state index is 0.304. The van der Waals surface area contributed by atoms with Crippen LogP contribution in [-0.2, 0) is 14.2 Å². The van der Waals surface area contributed by atoms with Gasteiger partial charge < -0.3 is 14.2 Å². The SMILES string of the molecule is CCOCC1CC(OC)(OC)C1. The third kappa shape index (κ3) is 1.97. The van der Waals surface area contributed by atoms with Gasteiger partial charge in [-0.25, -0.2) is 0 Å². The van der Waals surface area contributed by atoms with E-state index >= 15 is 0 Å². The highest BCUT2D eigenvalue weighted by molar-refractivity contribution is 4.87. The van der Waals surface area contributed by atoms with Crippen molar-refractivity contribution in [2.75, 3.05) is 27.4 Å². The van der Waals surface area contributed by atoms with Crippen molar-refractivity contribution in [2.45, 2.75) is 25.6 Å². The molecule has 0 amide bonds. The van der Waals surface area contributed by atoms with E-state index < -0.39 is 0 Å². The van der Waals surface area contributed by atoms with Gasteiger partial charge in [-0.05, 0) is 12.8 Å². The van der Waals surface area contributed by atoms with Gasteiger partial charge in [0.1, 0.15) is 0 Å². The maximum absolute atomic E-state index is 5.31. The molecule has 1 rings (SSSR count). The molecule has 1 saturated carbocycles. The monoisotopic (exact) mass is 174 g/mol. The molecule has 0 bridgehead atoms. The van der Waals surface area contributed by atoms with Gasteiger partial charge in [0.15, 0.2) is 5.79 Å². The van der Waals surface area contributed by atoms with Crippen molar-refractivity contribution in [3.8, 4) is 0 Å². The highest BCUT2D eigenvalue weighted by Gasteiger charge is 2.44. The summed E-state index contributed by atoms with van der Waals surface area (Å²) in [4.78, 5) is 0. The number of rotatable bonds is 5. The van der Waals surface area contributed by atoms with Gasteiger partial charge >= 0.3 is 0 Å². The first-order chi connectivity index (χ1) is 5.76. The fraction of sp³-hybridized carbons (Fsp3) is 1.00.